The smallest absolute Gasteiger partial charge is 0.261 e. The number of rotatable bonds is 0. The molecule has 0 saturated carbocycles. The average molecular weight is 308 g/mol. The number of hydrogen-bond donors (Lipinski definition) is 1. The molecule has 0 radical (unpaired) electrons. The molecule has 0 aliphatic carbocycles. The first-order valence-electron chi connectivity index (χ1n) is 6.87. The van der Waals surface area contributed by atoms with Crippen LogP contribution in [-0.4, -0.2) is 35.6 Å². The van der Waals surface area contributed by atoms with E-state index in [9.17, 15) is 19.2 Å². The van der Waals surface area contributed by atoms with Gasteiger partial charge in [0.2, 0.25) is 0 Å². The summed E-state index contributed by atoms with van der Waals surface area (Å²) >= 11 is 0. The maximum atomic E-state index is 11.3. The lowest BCUT2D eigenvalue weighted by Crippen LogP contribution is -2.24. The van der Waals surface area contributed by atoms with Gasteiger partial charge in [0.1, 0.15) is 0 Å². The van der Waals surface area contributed by atoms with Crippen molar-refractivity contribution in [1.82, 2.24) is 10.2 Å². The average Bonchev–Trinajstić information content (AvgIpc) is 2.99. The second kappa shape index (κ2) is 5.49. The largest absolute Gasteiger partial charge is 0.288 e. The van der Waals surface area contributed by atoms with Crippen molar-refractivity contribution in [3.8, 4) is 0 Å². The maximum absolute atomic E-state index is 11.3. The molecule has 0 spiro atoms. The molecule has 4 amide bonds. The van der Waals surface area contributed by atoms with Crippen molar-refractivity contribution in [3.05, 3.63) is 70.8 Å². The van der Waals surface area contributed by atoms with E-state index in [2.05, 4.69) is 5.32 Å². The van der Waals surface area contributed by atoms with E-state index in [1.165, 1.54) is 7.05 Å². The van der Waals surface area contributed by atoms with Crippen molar-refractivity contribution in [2.24, 2.45) is 0 Å². The zero-order valence-electron chi connectivity index (χ0n) is 12.2. The first-order chi connectivity index (χ1) is 11.0. The van der Waals surface area contributed by atoms with Crippen molar-refractivity contribution < 1.29 is 19.2 Å². The van der Waals surface area contributed by atoms with Gasteiger partial charge >= 0.3 is 0 Å². The predicted octanol–water partition coefficient (Wildman–Crippen LogP) is 1.48. The fourth-order valence-corrected chi connectivity index (χ4v) is 2.43. The fourth-order valence-electron chi connectivity index (χ4n) is 2.43. The number of hydrogen-bond acceptors (Lipinski definition) is 4. The third kappa shape index (κ3) is 2.40. The molecule has 0 saturated heterocycles. The highest BCUT2D eigenvalue weighted by Gasteiger charge is 2.31. The lowest BCUT2D eigenvalue weighted by atomic mass is 10.1. The van der Waals surface area contributed by atoms with Crippen molar-refractivity contribution in [1.29, 1.82) is 0 Å². The summed E-state index contributed by atoms with van der Waals surface area (Å²) < 4.78 is 0. The summed E-state index contributed by atoms with van der Waals surface area (Å²) in [6.07, 6.45) is 0. The molecule has 6 nitrogen and oxygen atoms in total. The summed E-state index contributed by atoms with van der Waals surface area (Å²) in [5.41, 5.74) is 1.95. The van der Waals surface area contributed by atoms with Crippen molar-refractivity contribution in [2.75, 3.05) is 7.05 Å². The van der Waals surface area contributed by atoms with Crippen LogP contribution in [0.4, 0.5) is 0 Å². The lowest BCUT2D eigenvalue weighted by molar-refractivity contribution is 0.0692. The Morgan fingerprint density at radius 2 is 1.00 bits per heavy atom. The number of carbonyl (C=O) groups is 4. The molecule has 2 aromatic carbocycles. The first-order valence-corrected chi connectivity index (χ1v) is 6.87. The highest BCUT2D eigenvalue weighted by Crippen LogP contribution is 2.20. The van der Waals surface area contributed by atoms with Crippen LogP contribution in [-0.2, 0) is 0 Å². The van der Waals surface area contributed by atoms with E-state index in [0.717, 1.165) is 4.90 Å². The van der Waals surface area contributed by atoms with Crippen molar-refractivity contribution in [2.45, 2.75) is 0 Å². The summed E-state index contributed by atoms with van der Waals surface area (Å²) in [4.78, 5) is 45.6. The van der Waals surface area contributed by atoms with Crippen LogP contribution in [0.25, 0.3) is 0 Å². The molecule has 2 heterocycles. The third-order valence-electron chi connectivity index (χ3n) is 3.64. The Labute approximate surface area is 131 Å². The van der Waals surface area contributed by atoms with E-state index in [1.54, 1.807) is 48.5 Å². The molecule has 1 N–H and O–H groups in total. The van der Waals surface area contributed by atoms with E-state index in [1.807, 2.05) is 0 Å². The number of carbonyl (C=O) groups excluding carboxylic acids is 4. The summed E-state index contributed by atoms with van der Waals surface area (Å²) in [5, 5.41) is 2.20. The van der Waals surface area contributed by atoms with Gasteiger partial charge in [0.15, 0.2) is 0 Å². The zero-order chi connectivity index (χ0) is 16.6. The number of nitrogens with zero attached hydrogens (tertiary/aromatic N) is 1. The van der Waals surface area contributed by atoms with Crippen molar-refractivity contribution >= 4 is 23.6 Å². The van der Waals surface area contributed by atoms with E-state index in [4.69, 9.17) is 0 Å². The van der Waals surface area contributed by atoms with E-state index in [-0.39, 0.29) is 23.6 Å². The van der Waals surface area contributed by atoms with Crippen LogP contribution in [0, 0.1) is 0 Å². The molecule has 0 unspecified atom stereocenters. The van der Waals surface area contributed by atoms with Crippen LogP contribution in [0.5, 0.6) is 0 Å². The van der Waals surface area contributed by atoms with Crippen molar-refractivity contribution in [3.63, 3.8) is 0 Å². The fraction of sp³-hybridized carbons (Fsp3) is 0.0588. The highest BCUT2D eigenvalue weighted by atomic mass is 16.2. The van der Waals surface area contributed by atoms with E-state index in [0.29, 0.717) is 22.3 Å². The normalized spacial score (nSPS) is 14.9. The number of fused-ring (bicyclic) bond motifs is 2. The van der Waals surface area contributed by atoms with Gasteiger partial charge in [-0.05, 0) is 24.3 Å². The molecule has 0 fully saturated rings. The van der Waals surface area contributed by atoms with Gasteiger partial charge in [0.05, 0.1) is 22.3 Å². The maximum Gasteiger partial charge on any atom is 0.261 e. The second-order valence-corrected chi connectivity index (χ2v) is 5.04. The molecule has 0 atom stereocenters. The number of nitrogens with one attached hydrogen (secondary N) is 1. The SMILES string of the molecule is CN1C(=O)c2ccccc2C1=O.O=C1NC(=O)c2ccccc21. The molecular weight excluding hydrogens is 296 g/mol. The quantitative estimate of drug-likeness (QED) is 0.747. The number of imide groups is 2. The Balaban J connectivity index is 0.000000136. The Morgan fingerprint density at radius 3 is 1.39 bits per heavy atom. The van der Waals surface area contributed by atoms with Crippen LogP contribution in [0.1, 0.15) is 41.4 Å². The molecule has 2 aliphatic rings. The predicted molar refractivity (Wildman–Crippen MR) is 81.1 cm³/mol. The summed E-state index contributed by atoms with van der Waals surface area (Å²) in [7, 11) is 1.49. The molecule has 0 aromatic heterocycles. The van der Waals surface area contributed by atoms with E-state index >= 15 is 0 Å². The highest BCUT2D eigenvalue weighted by molar-refractivity contribution is 6.21. The Morgan fingerprint density at radius 1 is 0.652 bits per heavy atom. The molecule has 114 valence electrons. The zero-order valence-corrected chi connectivity index (χ0v) is 12.2. The lowest BCUT2D eigenvalue weighted by Gasteiger charge is -2.02. The Hall–Kier alpha value is -3.28. The van der Waals surface area contributed by atoms with Gasteiger partial charge < -0.3 is 0 Å². The van der Waals surface area contributed by atoms with Crippen LogP contribution < -0.4 is 5.32 Å². The molecule has 2 aromatic rings. The molecule has 23 heavy (non-hydrogen) atoms. The third-order valence-corrected chi connectivity index (χ3v) is 3.64. The van der Waals surface area contributed by atoms with Gasteiger partial charge in [-0.15, -0.1) is 0 Å². The van der Waals surface area contributed by atoms with E-state index < -0.39 is 0 Å². The van der Waals surface area contributed by atoms with Gasteiger partial charge in [0.25, 0.3) is 23.6 Å². The molecule has 0 bridgehead atoms. The van der Waals surface area contributed by atoms with Gasteiger partial charge in [-0.2, -0.15) is 0 Å². The Bertz CT molecular complexity index is 789. The van der Waals surface area contributed by atoms with Crippen LogP contribution in [0.2, 0.25) is 0 Å². The van der Waals surface area contributed by atoms with Crippen LogP contribution in [0.3, 0.4) is 0 Å². The summed E-state index contributed by atoms with van der Waals surface area (Å²) in [5.74, 6) is -1.03. The number of benzene rings is 2. The van der Waals surface area contributed by atoms with Gasteiger partial charge in [0, 0.05) is 7.05 Å². The topological polar surface area (TPSA) is 83.6 Å². The first kappa shape index (κ1) is 14.6. The number of amides is 4. The summed E-state index contributed by atoms with van der Waals surface area (Å²) in [6, 6.07) is 13.6. The van der Waals surface area contributed by atoms with Gasteiger partial charge in [-0.1, -0.05) is 24.3 Å². The Kier molecular flexibility index (Phi) is 3.50. The van der Waals surface area contributed by atoms with Crippen LogP contribution >= 0.6 is 0 Å². The second-order valence-electron chi connectivity index (χ2n) is 5.04. The summed E-state index contributed by atoms with van der Waals surface area (Å²) in [6.45, 7) is 0. The standard InChI is InChI=1S/C9H7NO2.C8H5NO2/c1-10-8(11)6-4-2-3-5-7(6)9(10)12;10-7-5-3-1-2-4-6(5)8(11)9-7/h2-5H,1H3;1-4H,(H,9,10,11). The molecular formula is C17H12N2O4. The van der Waals surface area contributed by atoms with Gasteiger partial charge in [-0.3, -0.25) is 29.4 Å². The molecule has 4 rings (SSSR count). The molecule has 2 aliphatic heterocycles. The monoisotopic (exact) mass is 308 g/mol. The van der Waals surface area contributed by atoms with Crippen LogP contribution in [0.15, 0.2) is 48.5 Å². The molecule has 6 heteroatoms. The minimum atomic E-state index is -0.300. The minimum absolute atomic E-state index is 0.212. The van der Waals surface area contributed by atoms with Gasteiger partial charge in [-0.25, -0.2) is 0 Å². The minimum Gasteiger partial charge on any atom is -0.288 e.